The number of morpholine rings is 1. The maximum atomic E-state index is 13.5. The smallest absolute Gasteiger partial charge is 0.292 e. The van der Waals surface area contributed by atoms with E-state index in [4.69, 9.17) is 4.74 Å². The standard InChI is InChI=1S/C22H25FN4O4/c23-18-5-3-4-17(14-18)21-15-24(12-13-31-21)16-22(28)26-10-8-25(9-11-26)19-6-1-2-7-20(19)27(29)30/h1-7,14,21H,8-13,15-16H2. The number of carbonyl (C=O) groups is 1. The zero-order chi connectivity index (χ0) is 21.8. The van der Waals surface area contributed by atoms with Gasteiger partial charge in [-0.15, -0.1) is 0 Å². The van der Waals surface area contributed by atoms with Gasteiger partial charge in [-0.05, 0) is 23.8 Å². The summed E-state index contributed by atoms with van der Waals surface area (Å²) in [5.74, 6) is -0.270. The Balaban J connectivity index is 1.32. The number of nitro benzene ring substituents is 1. The summed E-state index contributed by atoms with van der Waals surface area (Å²) in [4.78, 5) is 29.5. The number of para-hydroxylation sites is 2. The number of benzene rings is 2. The van der Waals surface area contributed by atoms with Crippen LogP contribution in [0, 0.1) is 15.9 Å². The number of amides is 1. The molecule has 2 fully saturated rings. The van der Waals surface area contributed by atoms with Gasteiger partial charge in [0.25, 0.3) is 5.69 Å². The molecule has 0 spiro atoms. The number of ether oxygens (including phenoxy) is 1. The molecule has 2 aromatic carbocycles. The molecular weight excluding hydrogens is 403 g/mol. The first kappa shape index (κ1) is 21.2. The van der Waals surface area contributed by atoms with Gasteiger partial charge in [0, 0.05) is 45.3 Å². The third-order valence-corrected chi connectivity index (χ3v) is 5.78. The van der Waals surface area contributed by atoms with Gasteiger partial charge in [-0.3, -0.25) is 19.8 Å². The van der Waals surface area contributed by atoms with Crippen molar-refractivity contribution in [3.63, 3.8) is 0 Å². The molecule has 0 aromatic heterocycles. The third-order valence-electron chi connectivity index (χ3n) is 5.78. The van der Waals surface area contributed by atoms with E-state index in [1.54, 1.807) is 29.2 Å². The molecule has 0 bridgehead atoms. The van der Waals surface area contributed by atoms with Crippen molar-refractivity contribution in [2.45, 2.75) is 6.10 Å². The number of carbonyl (C=O) groups excluding carboxylic acids is 1. The summed E-state index contributed by atoms with van der Waals surface area (Å²) in [5.41, 5.74) is 1.44. The van der Waals surface area contributed by atoms with Crippen molar-refractivity contribution in [1.82, 2.24) is 9.80 Å². The summed E-state index contributed by atoms with van der Waals surface area (Å²) >= 11 is 0. The second kappa shape index (κ2) is 9.40. The molecule has 0 saturated carbocycles. The molecule has 1 atom stereocenters. The number of nitrogens with zero attached hydrogens (tertiary/aromatic N) is 4. The molecular formula is C22H25FN4O4. The molecule has 1 unspecified atom stereocenters. The fraction of sp³-hybridized carbons (Fsp3) is 0.409. The van der Waals surface area contributed by atoms with Gasteiger partial charge in [-0.2, -0.15) is 0 Å². The number of halogens is 1. The highest BCUT2D eigenvalue weighted by atomic mass is 19.1. The molecule has 31 heavy (non-hydrogen) atoms. The lowest BCUT2D eigenvalue weighted by Gasteiger charge is -2.38. The van der Waals surface area contributed by atoms with Crippen molar-refractivity contribution in [3.05, 3.63) is 70.0 Å². The Bertz CT molecular complexity index is 949. The van der Waals surface area contributed by atoms with Crippen LogP contribution < -0.4 is 4.90 Å². The lowest BCUT2D eigenvalue weighted by atomic mass is 10.1. The molecule has 2 aromatic rings. The summed E-state index contributed by atoms with van der Waals surface area (Å²) in [6.45, 7) is 4.07. The monoisotopic (exact) mass is 428 g/mol. The topological polar surface area (TPSA) is 79.2 Å². The normalized spacial score (nSPS) is 20.0. The Morgan fingerprint density at radius 1 is 1.10 bits per heavy atom. The van der Waals surface area contributed by atoms with E-state index < -0.39 is 0 Å². The van der Waals surface area contributed by atoms with Gasteiger partial charge in [0.05, 0.1) is 24.2 Å². The van der Waals surface area contributed by atoms with Crippen molar-refractivity contribution >= 4 is 17.3 Å². The van der Waals surface area contributed by atoms with E-state index in [0.29, 0.717) is 51.6 Å². The van der Waals surface area contributed by atoms with E-state index in [1.165, 1.54) is 18.2 Å². The highest BCUT2D eigenvalue weighted by molar-refractivity contribution is 5.78. The van der Waals surface area contributed by atoms with Crippen molar-refractivity contribution < 1.29 is 18.8 Å². The van der Waals surface area contributed by atoms with Crippen molar-refractivity contribution in [2.24, 2.45) is 0 Å². The number of anilines is 1. The molecule has 164 valence electrons. The van der Waals surface area contributed by atoms with E-state index in [1.807, 2.05) is 15.9 Å². The lowest BCUT2D eigenvalue weighted by molar-refractivity contribution is -0.384. The Labute approximate surface area is 179 Å². The minimum atomic E-state index is -0.375. The average molecular weight is 428 g/mol. The number of rotatable bonds is 5. The first-order valence-electron chi connectivity index (χ1n) is 10.4. The largest absolute Gasteiger partial charge is 0.371 e. The molecule has 0 N–H and O–H groups in total. The van der Waals surface area contributed by atoms with Gasteiger partial charge in [-0.25, -0.2) is 4.39 Å². The molecule has 2 saturated heterocycles. The fourth-order valence-electron chi connectivity index (χ4n) is 4.13. The fourth-order valence-corrected chi connectivity index (χ4v) is 4.13. The van der Waals surface area contributed by atoms with Gasteiger partial charge in [-0.1, -0.05) is 24.3 Å². The zero-order valence-electron chi connectivity index (χ0n) is 17.2. The highest BCUT2D eigenvalue weighted by Gasteiger charge is 2.28. The van der Waals surface area contributed by atoms with Crippen LogP contribution in [-0.2, 0) is 9.53 Å². The second-order valence-electron chi connectivity index (χ2n) is 7.76. The number of nitro groups is 1. The van der Waals surface area contributed by atoms with Crippen molar-refractivity contribution in [3.8, 4) is 0 Å². The number of piperazine rings is 1. The third kappa shape index (κ3) is 5.00. The van der Waals surface area contributed by atoms with Crippen LogP contribution in [0.2, 0.25) is 0 Å². The Morgan fingerprint density at radius 2 is 1.87 bits per heavy atom. The molecule has 9 heteroatoms. The first-order chi connectivity index (χ1) is 15.0. The van der Waals surface area contributed by atoms with Crippen molar-refractivity contribution in [1.29, 1.82) is 0 Å². The predicted molar refractivity (Wildman–Crippen MR) is 113 cm³/mol. The average Bonchev–Trinajstić information content (AvgIpc) is 2.79. The van der Waals surface area contributed by atoms with Crippen LogP contribution in [0.1, 0.15) is 11.7 Å². The van der Waals surface area contributed by atoms with Crippen LogP contribution in [0.25, 0.3) is 0 Å². The Hall–Kier alpha value is -3.04. The maximum absolute atomic E-state index is 13.5. The van der Waals surface area contributed by atoms with Gasteiger partial charge in [0.2, 0.25) is 5.91 Å². The first-order valence-corrected chi connectivity index (χ1v) is 10.4. The van der Waals surface area contributed by atoms with Crippen LogP contribution in [0.3, 0.4) is 0 Å². The highest BCUT2D eigenvalue weighted by Crippen LogP contribution is 2.28. The van der Waals surface area contributed by atoms with Crippen LogP contribution in [0.5, 0.6) is 0 Å². The summed E-state index contributed by atoms with van der Waals surface area (Å²) in [6.07, 6.45) is -0.257. The summed E-state index contributed by atoms with van der Waals surface area (Å²) in [7, 11) is 0. The van der Waals surface area contributed by atoms with E-state index in [0.717, 1.165) is 5.56 Å². The molecule has 2 heterocycles. The van der Waals surface area contributed by atoms with E-state index in [9.17, 15) is 19.3 Å². The number of hydrogen-bond acceptors (Lipinski definition) is 6. The molecule has 1 amide bonds. The molecule has 2 aliphatic heterocycles. The van der Waals surface area contributed by atoms with E-state index in [2.05, 4.69) is 0 Å². The summed E-state index contributed by atoms with van der Waals surface area (Å²) in [5, 5.41) is 11.3. The SMILES string of the molecule is O=C(CN1CCOC(c2cccc(F)c2)C1)N1CCN(c2ccccc2[N+](=O)[O-])CC1. The van der Waals surface area contributed by atoms with Gasteiger partial charge < -0.3 is 14.5 Å². The van der Waals surface area contributed by atoms with Crippen LogP contribution >= 0.6 is 0 Å². The van der Waals surface area contributed by atoms with E-state index >= 15 is 0 Å². The maximum Gasteiger partial charge on any atom is 0.292 e. The van der Waals surface area contributed by atoms with Crippen molar-refractivity contribution in [2.75, 3.05) is 57.3 Å². The Morgan fingerprint density at radius 3 is 2.61 bits per heavy atom. The summed E-state index contributed by atoms with van der Waals surface area (Å²) < 4.78 is 19.3. The molecule has 2 aliphatic rings. The Kier molecular flexibility index (Phi) is 6.43. The van der Waals surface area contributed by atoms with Crippen LogP contribution in [0.15, 0.2) is 48.5 Å². The second-order valence-corrected chi connectivity index (χ2v) is 7.76. The number of hydrogen-bond donors (Lipinski definition) is 0. The van der Waals surface area contributed by atoms with Crippen LogP contribution in [-0.4, -0.2) is 73.1 Å². The zero-order valence-corrected chi connectivity index (χ0v) is 17.2. The minimum absolute atomic E-state index is 0.0297. The molecule has 8 nitrogen and oxygen atoms in total. The van der Waals surface area contributed by atoms with E-state index in [-0.39, 0.29) is 35.0 Å². The minimum Gasteiger partial charge on any atom is -0.371 e. The predicted octanol–water partition coefficient (Wildman–Crippen LogP) is 2.46. The summed E-state index contributed by atoms with van der Waals surface area (Å²) in [6, 6.07) is 13.1. The molecule has 0 aliphatic carbocycles. The molecule has 4 rings (SSSR count). The van der Waals surface area contributed by atoms with Crippen LogP contribution in [0.4, 0.5) is 15.8 Å². The van der Waals surface area contributed by atoms with Gasteiger partial charge in [0.1, 0.15) is 11.5 Å². The molecule has 0 radical (unpaired) electrons. The lowest BCUT2D eigenvalue weighted by Crippen LogP contribution is -2.52. The quantitative estimate of drug-likeness (QED) is 0.538. The van der Waals surface area contributed by atoms with Gasteiger partial charge in [0.15, 0.2) is 0 Å². The van der Waals surface area contributed by atoms with Gasteiger partial charge >= 0.3 is 0 Å².